The third-order valence-corrected chi connectivity index (χ3v) is 7.36. The van der Waals surface area contributed by atoms with E-state index >= 15 is 0 Å². The molecule has 0 spiro atoms. The predicted molar refractivity (Wildman–Crippen MR) is 121 cm³/mol. The number of benzene rings is 1. The second-order valence-electron chi connectivity index (χ2n) is 7.12. The van der Waals surface area contributed by atoms with E-state index in [-0.39, 0.29) is 16.6 Å². The lowest BCUT2D eigenvalue weighted by atomic mass is 10.2. The smallest absolute Gasteiger partial charge is 0.259 e. The summed E-state index contributed by atoms with van der Waals surface area (Å²) in [7, 11) is 0. The quantitative estimate of drug-likeness (QED) is 0.313. The molecule has 0 aliphatic rings. The van der Waals surface area contributed by atoms with Crippen LogP contribution in [0.25, 0.3) is 26.9 Å². The number of aryl methyl sites for hydroxylation is 2. The Hall–Kier alpha value is -3.11. The number of hydrogen-bond acceptors (Lipinski definition) is 7. The van der Waals surface area contributed by atoms with Gasteiger partial charge in [-0.2, -0.15) is 5.10 Å². The van der Waals surface area contributed by atoms with Crippen LogP contribution in [0.2, 0.25) is 0 Å². The van der Waals surface area contributed by atoms with Crippen LogP contribution in [-0.2, 0) is 0 Å². The van der Waals surface area contributed by atoms with Crippen molar-refractivity contribution in [1.82, 2.24) is 29.7 Å². The lowest BCUT2D eigenvalue weighted by Gasteiger charge is -2.10. The molecule has 31 heavy (non-hydrogen) atoms. The Labute approximate surface area is 184 Å². The highest BCUT2D eigenvalue weighted by Crippen LogP contribution is 2.36. The van der Waals surface area contributed by atoms with Crippen LogP contribution < -0.4 is 5.56 Å². The highest BCUT2D eigenvalue weighted by molar-refractivity contribution is 7.99. The molecule has 0 aliphatic heterocycles. The van der Waals surface area contributed by atoms with Gasteiger partial charge in [0.2, 0.25) is 0 Å². The number of nitrogens with one attached hydrogen (secondary N) is 1. The number of aromatic nitrogens is 6. The van der Waals surface area contributed by atoms with Crippen LogP contribution in [0.1, 0.15) is 28.4 Å². The summed E-state index contributed by atoms with van der Waals surface area (Å²) in [5, 5.41) is 6.43. The predicted octanol–water partition coefficient (Wildman–Crippen LogP) is 4.72. The van der Waals surface area contributed by atoms with Crippen LogP contribution in [0, 0.1) is 19.7 Å². The van der Waals surface area contributed by atoms with Crippen LogP contribution >= 0.6 is 23.1 Å². The highest BCUT2D eigenvalue weighted by Gasteiger charge is 2.19. The summed E-state index contributed by atoms with van der Waals surface area (Å²) in [6.45, 7) is 5.91. The molecule has 0 aliphatic carbocycles. The summed E-state index contributed by atoms with van der Waals surface area (Å²) < 4.78 is 14.9. The number of hydrogen-bond donors (Lipinski definition) is 1. The summed E-state index contributed by atoms with van der Waals surface area (Å²) in [5.74, 6) is 0.288. The van der Waals surface area contributed by atoms with E-state index in [9.17, 15) is 9.18 Å². The van der Waals surface area contributed by atoms with Crippen molar-refractivity contribution in [1.29, 1.82) is 0 Å². The third kappa shape index (κ3) is 3.41. The molecule has 7 nitrogen and oxygen atoms in total. The molecule has 10 heteroatoms. The average molecular weight is 453 g/mol. The molecule has 4 heterocycles. The lowest BCUT2D eigenvalue weighted by molar-refractivity contribution is 0.627. The van der Waals surface area contributed by atoms with Crippen molar-refractivity contribution < 1.29 is 4.39 Å². The van der Waals surface area contributed by atoms with E-state index in [0.717, 1.165) is 25.7 Å². The fraction of sp³-hybridized carbons (Fsp3) is 0.190. The molecule has 0 saturated carbocycles. The second-order valence-corrected chi connectivity index (χ2v) is 9.66. The van der Waals surface area contributed by atoms with E-state index in [1.165, 1.54) is 41.6 Å². The van der Waals surface area contributed by atoms with Crippen LogP contribution in [0.15, 0.2) is 46.6 Å². The number of H-pyrrole nitrogens is 1. The van der Waals surface area contributed by atoms with Gasteiger partial charge in [-0.3, -0.25) is 4.79 Å². The zero-order valence-electron chi connectivity index (χ0n) is 16.9. The Morgan fingerprint density at radius 1 is 1.19 bits per heavy atom. The maximum Gasteiger partial charge on any atom is 0.259 e. The van der Waals surface area contributed by atoms with Gasteiger partial charge in [0.05, 0.1) is 27.9 Å². The van der Waals surface area contributed by atoms with Crippen molar-refractivity contribution in [3.8, 4) is 5.69 Å². The minimum Gasteiger partial charge on any atom is -0.309 e. The Balaban J connectivity index is 1.51. The van der Waals surface area contributed by atoms with Crippen LogP contribution in [0.4, 0.5) is 4.39 Å². The van der Waals surface area contributed by atoms with Crippen molar-refractivity contribution in [2.45, 2.75) is 31.0 Å². The van der Waals surface area contributed by atoms with Crippen molar-refractivity contribution >= 4 is 44.3 Å². The largest absolute Gasteiger partial charge is 0.309 e. The van der Waals surface area contributed by atoms with Gasteiger partial charge < -0.3 is 4.98 Å². The molecule has 1 N–H and O–H groups in total. The Bertz CT molecular complexity index is 1490. The molecule has 1 unspecified atom stereocenters. The molecule has 5 aromatic rings. The first-order valence-electron chi connectivity index (χ1n) is 9.53. The van der Waals surface area contributed by atoms with E-state index in [4.69, 9.17) is 4.98 Å². The summed E-state index contributed by atoms with van der Waals surface area (Å²) >= 11 is 3.00. The van der Waals surface area contributed by atoms with Crippen LogP contribution in [-0.4, -0.2) is 29.7 Å². The fourth-order valence-electron chi connectivity index (χ4n) is 3.37. The number of fused-ring (bicyclic) bond motifs is 2. The Kier molecular flexibility index (Phi) is 4.82. The van der Waals surface area contributed by atoms with Gasteiger partial charge in [0.15, 0.2) is 5.65 Å². The fourth-order valence-corrected chi connectivity index (χ4v) is 5.35. The summed E-state index contributed by atoms with van der Waals surface area (Å²) in [6.07, 6.45) is 3.17. The van der Waals surface area contributed by atoms with Gasteiger partial charge in [0.1, 0.15) is 27.8 Å². The minimum absolute atomic E-state index is 0.119. The lowest BCUT2D eigenvalue weighted by Crippen LogP contribution is -2.12. The SMILES string of the molecule is Cc1sc2nc(C(C)Sc3ncnc4c3cnn4-c3ccc(F)cc3)[nH]c(=O)c2c1C. The number of thioether (sulfide) groups is 1. The van der Waals surface area contributed by atoms with Crippen molar-refractivity contribution in [2.24, 2.45) is 0 Å². The van der Waals surface area contributed by atoms with Crippen molar-refractivity contribution in [3.63, 3.8) is 0 Å². The molecule has 4 aromatic heterocycles. The zero-order chi connectivity index (χ0) is 21.7. The molecule has 0 fully saturated rings. The average Bonchev–Trinajstić information content (AvgIpc) is 3.30. The van der Waals surface area contributed by atoms with E-state index in [0.29, 0.717) is 22.5 Å². The Morgan fingerprint density at radius 2 is 1.97 bits per heavy atom. The summed E-state index contributed by atoms with van der Waals surface area (Å²) in [4.78, 5) is 30.9. The van der Waals surface area contributed by atoms with Crippen molar-refractivity contribution in [3.05, 3.63) is 69.2 Å². The highest BCUT2D eigenvalue weighted by atomic mass is 32.2. The van der Waals surface area contributed by atoms with Crippen LogP contribution in [0.3, 0.4) is 0 Å². The zero-order valence-corrected chi connectivity index (χ0v) is 18.5. The number of rotatable bonds is 4. The van der Waals surface area contributed by atoms with Gasteiger partial charge in [0.25, 0.3) is 5.56 Å². The van der Waals surface area contributed by atoms with Gasteiger partial charge in [-0.15, -0.1) is 11.3 Å². The van der Waals surface area contributed by atoms with Crippen LogP contribution in [0.5, 0.6) is 0 Å². The molecule has 5 rings (SSSR count). The van der Waals surface area contributed by atoms with Gasteiger partial charge in [-0.1, -0.05) is 11.8 Å². The molecule has 0 saturated heterocycles. The first kappa shape index (κ1) is 19.8. The first-order valence-corrected chi connectivity index (χ1v) is 11.2. The van der Waals surface area contributed by atoms with Crippen molar-refractivity contribution in [2.75, 3.05) is 0 Å². The van der Waals surface area contributed by atoms with E-state index in [2.05, 4.69) is 20.1 Å². The molecule has 1 aromatic carbocycles. The first-order chi connectivity index (χ1) is 14.9. The van der Waals surface area contributed by atoms with E-state index < -0.39 is 0 Å². The van der Waals surface area contributed by atoms with Gasteiger partial charge in [-0.25, -0.2) is 24.0 Å². The molecular formula is C21H17FN6OS2. The molecule has 0 bridgehead atoms. The Morgan fingerprint density at radius 3 is 2.74 bits per heavy atom. The van der Waals surface area contributed by atoms with E-state index in [1.807, 2.05) is 20.8 Å². The monoisotopic (exact) mass is 452 g/mol. The molecule has 156 valence electrons. The normalized spacial score (nSPS) is 12.6. The minimum atomic E-state index is -0.311. The summed E-state index contributed by atoms with van der Waals surface area (Å²) in [5.41, 5.74) is 2.19. The molecule has 1 atom stereocenters. The van der Waals surface area contributed by atoms with Gasteiger partial charge >= 0.3 is 0 Å². The number of halogens is 1. The third-order valence-electron chi connectivity index (χ3n) is 5.13. The number of nitrogens with zero attached hydrogens (tertiary/aromatic N) is 5. The summed E-state index contributed by atoms with van der Waals surface area (Å²) in [6, 6.07) is 6.06. The maximum absolute atomic E-state index is 13.3. The molecule has 0 amide bonds. The van der Waals surface area contributed by atoms with E-state index in [1.54, 1.807) is 23.0 Å². The van der Waals surface area contributed by atoms with Gasteiger partial charge in [0, 0.05) is 4.88 Å². The maximum atomic E-state index is 13.3. The van der Waals surface area contributed by atoms with Gasteiger partial charge in [-0.05, 0) is 50.6 Å². The second kappa shape index (κ2) is 7.54. The standard InChI is InChI=1S/C21H17FN6OS2/c1-10-11(2)30-21-16(10)19(29)26-17(27-21)12(3)31-20-15-8-25-28(18(15)23-9-24-20)14-6-4-13(22)5-7-14/h4-9,12H,1-3H3,(H,26,27,29). The number of aromatic amines is 1. The molecule has 0 radical (unpaired) electrons. The molecular weight excluding hydrogens is 435 g/mol. The number of thiophene rings is 1. The topological polar surface area (TPSA) is 89.3 Å².